The van der Waals surface area contributed by atoms with E-state index in [0.29, 0.717) is 13.0 Å². The fraction of sp³-hybridized carbons (Fsp3) is 0.882. The number of rotatable bonds is 7. The molecule has 1 saturated heterocycles. The van der Waals surface area contributed by atoms with Crippen molar-refractivity contribution >= 4 is 11.9 Å². The van der Waals surface area contributed by atoms with Crippen LogP contribution in [0.1, 0.15) is 64.2 Å². The lowest BCUT2D eigenvalue weighted by Crippen LogP contribution is -2.49. The van der Waals surface area contributed by atoms with Gasteiger partial charge < -0.3 is 10.4 Å². The molecule has 22 heavy (non-hydrogen) atoms. The second-order valence-corrected chi connectivity index (χ2v) is 6.82. The van der Waals surface area contributed by atoms with Crippen molar-refractivity contribution in [2.24, 2.45) is 5.92 Å². The summed E-state index contributed by atoms with van der Waals surface area (Å²) in [4.78, 5) is 25.0. The molecule has 1 saturated carbocycles. The normalized spacial score (nSPS) is 24.1. The number of carbonyl (C=O) groups is 2. The van der Waals surface area contributed by atoms with Gasteiger partial charge in [0.2, 0.25) is 5.91 Å². The van der Waals surface area contributed by atoms with Gasteiger partial charge in [-0.05, 0) is 38.1 Å². The van der Waals surface area contributed by atoms with E-state index in [2.05, 4.69) is 5.32 Å². The molecule has 1 aliphatic heterocycles. The van der Waals surface area contributed by atoms with Crippen LogP contribution < -0.4 is 5.32 Å². The molecule has 5 heteroatoms. The van der Waals surface area contributed by atoms with E-state index in [0.717, 1.165) is 31.7 Å². The molecule has 2 fully saturated rings. The monoisotopic (exact) mass is 310 g/mol. The summed E-state index contributed by atoms with van der Waals surface area (Å²) in [6, 6.07) is -0.485. The van der Waals surface area contributed by atoms with Crippen molar-refractivity contribution in [3.63, 3.8) is 0 Å². The Kier molecular flexibility index (Phi) is 7.16. The Labute approximate surface area is 133 Å². The average molecular weight is 310 g/mol. The Hall–Kier alpha value is -1.10. The van der Waals surface area contributed by atoms with Gasteiger partial charge in [-0.2, -0.15) is 0 Å². The third kappa shape index (κ3) is 5.59. The highest BCUT2D eigenvalue weighted by molar-refractivity contribution is 5.80. The number of carbonyl (C=O) groups excluding carboxylic acids is 1. The van der Waals surface area contributed by atoms with E-state index in [-0.39, 0.29) is 12.5 Å². The molecule has 1 atom stereocenters. The number of hydrogen-bond donors (Lipinski definition) is 2. The summed E-state index contributed by atoms with van der Waals surface area (Å²) in [5, 5.41) is 12.2. The third-order valence-corrected chi connectivity index (χ3v) is 5.08. The van der Waals surface area contributed by atoms with Gasteiger partial charge >= 0.3 is 5.97 Å². The van der Waals surface area contributed by atoms with Crippen LogP contribution in [0.25, 0.3) is 0 Å². The van der Waals surface area contributed by atoms with Crippen LogP contribution in [0.3, 0.4) is 0 Å². The number of carboxylic acid groups (broad SMARTS) is 1. The summed E-state index contributed by atoms with van der Waals surface area (Å²) in [7, 11) is 0. The van der Waals surface area contributed by atoms with Gasteiger partial charge in [0.25, 0.3) is 0 Å². The Morgan fingerprint density at radius 2 is 1.77 bits per heavy atom. The van der Waals surface area contributed by atoms with Gasteiger partial charge in [0, 0.05) is 6.54 Å². The summed E-state index contributed by atoms with van der Waals surface area (Å²) in [5.74, 6) is 0.0192. The van der Waals surface area contributed by atoms with Crippen molar-refractivity contribution < 1.29 is 14.7 Å². The van der Waals surface area contributed by atoms with Crippen molar-refractivity contribution in [1.82, 2.24) is 10.2 Å². The zero-order chi connectivity index (χ0) is 15.8. The standard InChI is InChI=1S/C17H30N2O3/c20-16(13-19-12-5-4-10-15(19)17(21)22)18-11-6-9-14-7-2-1-3-8-14/h14-15H,1-13H2,(H,18,20)(H,21,22). The molecule has 2 rings (SSSR count). The first-order valence-electron chi connectivity index (χ1n) is 8.90. The second kappa shape index (κ2) is 9.13. The van der Waals surface area contributed by atoms with Crippen LogP contribution in [0, 0.1) is 5.92 Å². The molecular weight excluding hydrogens is 280 g/mol. The summed E-state index contributed by atoms with van der Waals surface area (Å²) >= 11 is 0. The zero-order valence-electron chi connectivity index (χ0n) is 13.6. The maximum atomic E-state index is 12.0. The van der Waals surface area contributed by atoms with Gasteiger partial charge in [-0.15, -0.1) is 0 Å². The first-order valence-corrected chi connectivity index (χ1v) is 8.90. The Morgan fingerprint density at radius 3 is 2.50 bits per heavy atom. The van der Waals surface area contributed by atoms with Crippen LogP contribution in [-0.4, -0.2) is 47.6 Å². The van der Waals surface area contributed by atoms with Crippen molar-refractivity contribution in [2.75, 3.05) is 19.6 Å². The van der Waals surface area contributed by atoms with Crippen LogP contribution in [0.15, 0.2) is 0 Å². The maximum absolute atomic E-state index is 12.0. The Bertz CT molecular complexity index is 367. The molecule has 1 heterocycles. The number of nitrogens with zero attached hydrogens (tertiary/aromatic N) is 1. The van der Waals surface area contributed by atoms with Crippen molar-refractivity contribution in [2.45, 2.75) is 70.3 Å². The fourth-order valence-electron chi connectivity index (χ4n) is 3.79. The summed E-state index contributed by atoms with van der Waals surface area (Å²) in [6.45, 7) is 1.66. The van der Waals surface area contributed by atoms with E-state index in [1.165, 1.54) is 38.5 Å². The van der Waals surface area contributed by atoms with E-state index < -0.39 is 12.0 Å². The number of piperidine rings is 1. The second-order valence-electron chi connectivity index (χ2n) is 6.82. The lowest BCUT2D eigenvalue weighted by molar-refractivity contribution is -0.145. The van der Waals surface area contributed by atoms with Crippen molar-refractivity contribution in [1.29, 1.82) is 0 Å². The van der Waals surface area contributed by atoms with Crippen LogP contribution in [0.4, 0.5) is 0 Å². The molecule has 0 spiro atoms. The molecule has 1 aliphatic carbocycles. The number of nitrogens with one attached hydrogen (secondary N) is 1. The molecule has 2 aliphatic rings. The smallest absolute Gasteiger partial charge is 0.320 e. The quantitative estimate of drug-likeness (QED) is 0.709. The van der Waals surface area contributed by atoms with E-state index in [1.807, 2.05) is 4.90 Å². The van der Waals surface area contributed by atoms with Crippen molar-refractivity contribution in [3.8, 4) is 0 Å². The first-order chi connectivity index (χ1) is 10.7. The molecule has 126 valence electrons. The van der Waals surface area contributed by atoms with Gasteiger partial charge in [0.05, 0.1) is 6.54 Å². The lowest BCUT2D eigenvalue weighted by atomic mass is 9.86. The third-order valence-electron chi connectivity index (χ3n) is 5.08. The molecule has 1 unspecified atom stereocenters. The van der Waals surface area contributed by atoms with Crippen LogP contribution in [0.5, 0.6) is 0 Å². The minimum Gasteiger partial charge on any atom is -0.480 e. The molecule has 0 aromatic rings. The summed E-state index contributed by atoms with van der Waals surface area (Å²) < 4.78 is 0. The van der Waals surface area contributed by atoms with E-state index in [4.69, 9.17) is 0 Å². The predicted molar refractivity (Wildman–Crippen MR) is 85.7 cm³/mol. The van der Waals surface area contributed by atoms with E-state index >= 15 is 0 Å². The number of carboxylic acids is 1. The van der Waals surface area contributed by atoms with Gasteiger partial charge in [0.1, 0.15) is 6.04 Å². The highest BCUT2D eigenvalue weighted by Crippen LogP contribution is 2.26. The number of likely N-dealkylation sites (tertiary alicyclic amines) is 1. The largest absolute Gasteiger partial charge is 0.480 e. The van der Waals surface area contributed by atoms with Crippen LogP contribution in [-0.2, 0) is 9.59 Å². The van der Waals surface area contributed by atoms with Gasteiger partial charge in [-0.3, -0.25) is 14.5 Å². The molecule has 0 bridgehead atoms. The molecule has 0 aromatic heterocycles. The number of hydrogen-bond acceptors (Lipinski definition) is 3. The zero-order valence-corrected chi connectivity index (χ0v) is 13.6. The highest BCUT2D eigenvalue weighted by atomic mass is 16.4. The first kappa shape index (κ1) is 17.3. The molecule has 1 amide bonds. The Balaban J connectivity index is 1.61. The van der Waals surface area contributed by atoms with Crippen LogP contribution >= 0.6 is 0 Å². The lowest BCUT2D eigenvalue weighted by Gasteiger charge is -2.32. The number of aliphatic carboxylic acids is 1. The molecule has 2 N–H and O–H groups in total. The molecular formula is C17H30N2O3. The van der Waals surface area contributed by atoms with Gasteiger partial charge in [-0.1, -0.05) is 38.5 Å². The maximum Gasteiger partial charge on any atom is 0.320 e. The van der Waals surface area contributed by atoms with Crippen LogP contribution in [0.2, 0.25) is 0 Å². The Morgan fingerprint density at radius 1 is 1.05 bits per heavy atom. The summed E-state index contributed by atoms with van der Waals surface area (Å²) in [6.07, 6.45) is 11.6. The van der Waals surface area contributed by atoms with E-state index in [1.54, 1.807) is 0 Å². The van der Waals surface area contributed by atoms with Gasteiger partial charge in [0.15, 0.2) is 0 Å². The summed E-state index contributed by atoms with van der Waals surface area (Å²) in [5.41, 5.74) is 0. The fourth-order valence-corrected chi connectivity index (χ4v) is 3.79. The van der Waals surface area contributed by atoms with Gasteiger partial charge in [-0.25, -0.2) is 0 Å². The van der Waals surface area contributed by atoms with E-state index in [9.17, 15) is 14.7 Å². The molecule has 0 aromatic carbocycles. The topological polar surface area (TPSA) is 69.6 Å². The highest BCUT2D eigenvalue weighted by Gasteiger charge is 2.29. The minimum atomic E-state index is -0.801. The SMILES string of the molecule is O=C(CN1CCCCC1C(=O)O)NCCCC1CCCCC1. The number of amides is 1. The molecule has 5 nitrogen and oxygen atoms in total. The average Bonchev–Trinajstić information content (AvgIpc) is 2.53. The van der Waals surface area contributed by atoms with Crippen molar-refractivity contribution in [3.05, 3.63) is 0 Å². The minimum absolute atomic E-state index is 0.0307. The predicted octanol–water partition coefficient (Wildman–Crippen LogP) is 2.40. The molecule has 0 radical (unpaired) electrons.